The predicted molar refractivity (Wildman–Crippen MR) is 64.5 cm³/mol. The second kappa shape index (κ2) is 5.36. The number of aliphatic hydroxyl groups excluding tert-OH is 1. The zero-order chi connectivity index (χ0) is 12.4. The molecule has 0 bridgehead atoms. The number of hydrogen-bond donors (Lipinski definition) is 1. The summed E-state index contributed by atoms with van der Waals surface area (Å²) in [6.07, 6.45) is 2.65. The van der Waals surface area contributed by atoms with E-state index >= 15 is 0 Å². The van der Waals surface area contributed by atoms with Crippen LogP contribution in [-0.4, -0.2) is 47.8 Å². The number of aliphatic hydroxyl groups is 1. The molecule has 1 saturated carbocycles. The normalized spacial score (nSPS) is 34.6. The highest BCUT2D eigenvalue weighted by atomic mass is 16.5. The van der Waals surface area contributed by atoms with Gasteiger partial charge in [-0.2, -0.15) is 0 Å². The molecule has 4 unspecified atom stereocenters. The van der Waals surface area contributed by atoms with Crippen LogP contribution in [0.25, 0.3) is 0 Å². The number of nitrogens with zero attached hydrogens (tertiary/aromatic N) is 1. The van der Waals surface area contributed by atoms with Gasteiger partial charge in [0, 0.05) is 19.0 Å². The van der Waals surface area contributed by atoms with Crippen LogP contribution >= 0.6 is 0 Å². The molecule has 4 heteroatoms. The van der Waals surface area contributed by atoms with E-state index in [0.29, 0.717) is 18.4 Å². The lowest BCUT2D eigenvalue weighted by Crippen LogP contribution is -2.41. The van der Waals surface area contributed by atoms with Crippen molar-refractivity contribution in [2.24, 2.45) is 11.8 Å². The summed E-state index contributed by atoms with van der Waals surface area (Å²) in [7, 11) is 0. The van der Waals surface area contributed by atoms with E-state index in [2.05, 4.69) is 4.90 Å². The van der Waals surface area contributed by atoms with Gasteiger partial charge in [0.05, 0.1) is 12.7 Å². The van der Waals surface area contributed by atoms with Crippen LogP contribution in [0.4, 0.5) is 0 Å². The molecule has 0 spiro atoms. The first-order valence-electron chi connectivity index (χ1n) is 6.76. The molecule has 2 aliphatic rings. The monoisotopic (exact) mass is 241 g/mol. The highest BCUT2D eigenvalue weighted by molar-refractivity contribution is 5.75. The number of likely N-dealkylation sites (tertiary alicyclic amines) is 1. The first kappa shape index (κ1) is 12.8. The van der Waals surface area contributed by atoms with E-state index in [1.165, 1.54) is 0 Å². The molecule has 1 N–H and O–H groups in total. The number of fused-ring (bicyclic) bond motifs is 1. The van der Waals surface area contributed by atoms with Crippen LogP contribution in [0, 0.1) is 11.8 Å². The Labute approximate surface area is 103 Å². The summed E-state index contributed by atoms with van der Waals surface area (Å²) in [4.78, 5) is 14.0. The van der Waals surface area contributed by atoms with Crippen molar-refractivity contribution in [3.8, 4) is 0 Å². The molecule has 0 radical (unpaired) electrons. The highest BCUT2D eigenvalue weighted by Crippen LogP contribution is 2.39. The van der Waals surface area contributed by atoms with Gasteiger partial charge < -0.3 is 9.84 Å². The van der Waals surface area contributed by atoms with E-state index < -0.39 is 0 Å². The fraction of sp³-hybridized carbons (Fsp3) is 0.923. The van der Waals surface area contributed by atoms with Crippen LogP contribution in [-0.2, 0) is 9.53 Å². The maximum atomic E-state index is 11.8. The van der Waals surface area contributed by atoms with Crippen molar-refractivity contribution in [3.63, 3.8) is 0 Å². The minimum Gasteiger partial charge on any atom is -0.465 e. The van der Waals surface area contributed by atoms with Crippen molar-refractivity contribution in [1.82, 2.24) is 4.90 Å². The molecule has 1 saturated heterocycles. The van der Waals surface area contributed by atoms with Crippen molar-refractivity contribution >= 4 is 5.97 Å². The average Bonchev–Trinajstić information content (AvgIpc) is 2.83. The second-order valence-corrected chi connectivity index (χ2v) is 5.20. The summed E-state index contributed by atoms with van der Waals surface area (Å²) >= 11 is 0. The fourth-order valence-electron chi connectivity index (χ4n) is 3.34. The molecule has 0 aromatic rings. The number of carbonyl (C=O) groups excluding carboxylic acids is 1. The van der Waals surface area contributed by atoms with E-state index in [0.717, 1.165) is 32.4 Å². The summed E-state index contributed by atoms with van der Waals surface area (Å²) in [5.74, 6) is 0.844. The molecule has 4 atom stereocenters. The fourth-order valence-corrected chi connectivity index (χ4v) is 3.34. The van der Waals surface area contributed by atoms with Gasteiger partial charge in [-0.25, -0.2) is 0 Å². The van der Waals surface area contributed by atoms with E-state index in [4.69, 9.17) is 4.74 Å². The number of esters is 1. The lowest BCUT2D eigenvalue weighted by Gasteiger charge is -2.26. The van der Waals surface area contributed by atoms with Crippen LogP contribution in [0.15, 0.2) is 0 Å². The number of hydrogen-bond acceptors (Lipinski definition) is 4. The zero-order valence-corrected chi connectivity index (χ0v) is 10.8. The summed E-state index contributed by atoms with van der Waals surface area (Å²) in [5.41, 5.74) is 0. The molecule has 0 aromatic carbocycles. The first-order chi connectivity index (χ1) is 8.17. The lowest BCUT2D eigenvalue weighted by molar-refractivity contribution is -0.149. The van der Waals surface area contributed by atoms with Gasteiger partial charge in [0.15, 0.2) is 0 Å². The summed E-state index contributed by atoms with van der Waals surface area (Å²) < 4.78 is 5.11. The van der Waals surface area contributed by atoms with Gasteiger partial charge in [0.2, 0.25) is 0 Å². The minimum atomic E-state index is -0.162. The Morgan fingerprint density at radius 3 is 2.76 bits per heavy atom. The van der Waals surface area contributed by atoms with E-state index in [9.17, 15) is 9.90 Å². The number of carbonyl (C=O) groups is 1. The Kier molecular flexibility index (Phi) is 4.05. The molecule has 0 amide bonds. The van der Waals surface area contributed by atoms with Crippen LogP contribution in [0.1, 0.15) is 33.1 Å². The molecule has 1 aliphatic heterocycles. The molecule has 2 fully saturated rings. The van der Waals surface area contributed by atoms with Crippen molar-refractivity contribution in [3.05, 3.63) is 0 Å². The third-order valence-corrected chi connectivity index (χ3v) is 4.23. The van der Waals surface area contributed by atoms with Gasteiger partial charge in [-0.15, -0.1) is 0 Å². The van der Waals surface area contributed by atoms with Crippen LogP contribution in [0.5, 0.6) is 0 Å². The van der Waals surface area contributed by atoms with Gasteiger partial charge in [0.1, 0.15) is 6.04 Å². The van der Waals surface area contributed by atoms with Gasteiger partial charge in [-0.3, -0.25) is 9.69 Å². The van der Waals surface area contributed by atoms with E-state index in [-0.39, 0.29) is 18.1 Å². The van der Waals surface area contributed by atoms with E-state index in [1.54, 1.807) is 0 Å². The Morgan fingerprint density at radius 2 is 2.18 bits per heavy atom. The Hall–Kier alpha value is -0.610. The molecule has 1 aliphatic carbocycles. The van der Waals surface area contributed by atoms with Crippen molar-refractivity contribution in [1.29, 1.82) is 0 Å². The summed E-state index contributed by atoms with van der Waals surface area (Å²) in [6, 6.07) is -0.118. The lowest BCUT2D eigenvalue weighted by atomic mass is 10.00. The second-order valence-electron chi connectivity index (χ2n) is 5.20. The van der Waals surface area contributed by atoms with Crippen LogP contribution < -0.4 is 0 Å². The zero-order valence-electron chi connectivity index (χ0n) is 10.8. The molecule has 1 heterocycles. The predicted octanol–water partition coefficient (Wildman–Crippen LogP) is 1.03. The van der Waals surface area contributed by atoms with Crippen molar-refractivity contribution in [2.45, 2.75) is 45.3 Å². The topological polar surface area (TPSA) is 49.8 Å². The van der Waals surface area contributed by atoms with Crippen LogP contribution in [0.3, 0.4) is 0 Å². The molecule has 0 aromatic heterocycles. The standard InChI is InChI=1S/C13H23NO3/c1-3-11(13(16)17-4-2)14-7-9-5-6-12(15)10(9)8-14/h9-12,15H,3-8H2,1-2H3. The Morgan fingerprint density at radius 1 is 1.41 bits per heavy atom. The number of ether oxygens (including phenoxy) is 1. The molecular formula is C13H23NO3. The van der Waals surface area contributed by atoms with Gasteiger partial charge >= 0.3 is 5.97 Å². The SMILES string of the molecule is CCOC(=O)C(CC)N1CC2CCC(O)C2C1. The summed E-state index contributed by atoms with van der Waals surface area (Å²) in [5, 5.41) is 9.87. The van der Waals surface area contributed by atoms with Gasteiger partial charge in [0.25, 0.3) is 0 Å². The van der Waals surface area contributed by atoms with Crippen molar-refractivity contribution in [2.75, 3.05) is 19.7 Å². The molecule has 4 nitrogen and oxygen atoms in total. The molecular weight excluding hydrogens is 218 g/mol. The maximum absolute atomic E-state index is 11.8. The van der Waals surface area contributed by atoms with Gasteiger partial charge in [-0.1, -0.05) is 6.92 Å². The third-order valence-electron chi connectivity index (χ3n) is 4.23. The minimum absolute atomic E-state index is 0.107. The average molecular weight is 241 g/mol. The number of rotatable bonds is 4. The summed E-state index contributed by atoms with van der Waals surface area (Å²) in [6.45, 7) is 6.10. The largest absolute Gasteiger partial charge is 0.465 e. The Balaban J connectivity index is 1.96. The van der Waals surface area contributed by atoms with Crippen molar-refractivity contribution < 1.29 is 14.6 Å². The smallest absolute Gasteiger partial charge is 0.323 e. The van der Waals surface area contributed by atoms with E-state index in [1.807, 2.05) is 13.8 Å². The highest BCUT2D eigenvalue weighted by Gasteiger charge is 2.44. The maximum Gasteiger partial charge on any atom is 0.323 e. The Bertz CT molecular complexity index is 282. The third kappa shape index (κ3) is 2.47. The molecule has 2 rings (SSSR count). The quantitative estimate of drug-likeness (QED) is 0.747. The van der Waals surface area contributed by atoms with Crippen LogP contribution in [0.2, 0.25) is 0 Å². The first-order valence-corrected chi connectivity index (χ1v) is 6.76. The van der Waals surface area contributed by atoms with Gasteiger partial charge in [-0.05, 0) is 32.1 Å². The molecule has 98 valence electrons. The molecule has 17 heavy (non-hydrogen) atoms.